The third kappa shape index (κ3) is 169. The van der Waals surface area contributed by atoms with E-state index in [0.29, 0.717) is 0 Å². The average Bonchev–Trinajstić information content (AvgIpc) is 0.918. The van der Waals surface area contributed by atoms with E-state index in [4.69, 9.17) is 4.65 Å². The van der Waals surface area contributed by atoms with Crippen molar-refractivity contribution in [2.45, 2.75) is 6.92 Å². The van der Waals surface area contributed by atoms with Gasteiger partial charge in [-0.2, -0.15) is 0 Å². The summed E-state index contributed by atoms with van der Waals surface area (Å²) in [6, 6.07) is 0. The fourth-order valence-electron chi connectivity index (χ4n) is 0. The van der Waals surface area contributed by atoms with E-state index >= 15 is 0 Å². The Balaban J connectivity index is -0.000000000952. The van der Waals surface area contributed by atoms with Gasteiger partial charge in [-0.1, -0.05) is 0 Å². The maximum absolute atomic E-state index is 8.68. The van der Waals surface area contributed by atoms with Gasteiger partial charge in [0.25, 0.3) is 0 Å². The fourth-order valence-corrected chi connectivity index (χ4v) is 0. The molecule has 8 heteroatoms. The van der Waals surface area contributed by atoms with E-state index in [1.54, 1.807) is 0 Å². The molecule has 0 bridgehead atoms. The first-order valence-corrected chi connectivity index (χ1v) is 0.704. The second kappa shape index (κ2) is 110. The summed E-state index contributed by atoms with van der Waals surface area (Å²) in [5.41, 5.74) is 0. The number of hydrogen-bond acceptors (Lipinski definition) is 0. The van der Waals surface area contributed by atoms with Crippen molar-refractivity contribution in [3.8, 4) is 6.15 Å². The van der Waals surface area contributed by atoms with Gasteiger partial charge >= 0.3 is 42.2 Å². The fraction of sp³-hybridized carbons (Fsp3) is 0.500. The summed E-state index contributed by atoms with van der Waals surface area (Å²) in [5, 5.41) is 0. The van der Waals surface area contributed by atoms with Gasteiger partial charge in [-0.25, -0.2) is 0 Å². The maximum Gasteiger partial charge on any atom is 5.00 e. The van der Waals surface area contributed by atoms with Crippen LogP contribution < -0.4 is 74.4 Å². The minimum Gasteiger partial charge on any atom is -1.00 e. The Hall–Kier alpha value is 2.30. The Morgan fingerprint density at radius 3 is 0.800 bits per heavy atom. The Kier molecular flexibility index (Phi) is 936. The van der Waals surface area contributed by atoms with Gasteiger partial charge in [0.2, 0.25) is 0 Å². The molecule has 0 atom stereocenters. The maximum atomic E-state index is 8.68. The van der Waals surface area contributed by atoms with Crippen LogP contribution in [0.5, 0.6) is 0 Å². The molecule has 0 aromatic heterocycles. The van der Waals surface area contributed by atoms with Gasteiger partial charge in [0, 0.05) is 0 Å². The van der Waals surface area contributed by atoms with Crippen LogP contribution in [0.2, 0.25) is 0 Å². The van der Waals surface area contributed by atoms with Gasteiger partial charge in [0.05, 0.1) is 0 Å². The molecule has 0 radical (unpaired) electrons. The second-order valence-electron chi connectivity index (χ2n) is 0.204. The molecule has 0 N–H and O–H groups in total. The molecule has 64 valence electrons. The second-order valence-corrected chi connectivity index (χ2v) is 0.204. The van der Waals surface area contributed by atoms with Crippen molar-refractivity contribution < 1.29 is 79.1 Å². The molecule has 0 aliphatic rings. The predicted octanol–water partition coefficient (Wildman–Crippen LogP) is -18.0. The third-order valence-corrected chi connectivity index (χ3v) is 0. The Bertz CT molecular complexity index is 37.2. The van der Waals surface area contributed by atoms with Crippen LogP contribution in [0.3, 0.4) is 0 Å². The molecule has 10 heavy (non-hydrogen) atoms. The first-order valence-electron chi connectivity index (χ1n) is 0.704. The summed E-state index contributed by atoms with van der Waals surface area (Å²) in [7, 11) is 0. The topological polar surface area (TPSA) is 19.9 Å². The van der Waals surface area contributed by atoms with E-state index in [-0.39, 0.29) is 98.9 Å². The Labute approximate surface area is 115 Å². The molecule has 0 aliphatic carbocycles. The molecule has 0 aliphatic heterocycles. The SMILES string of the molecule is CC#[O+].[Cl-].[Cl-].[Cl-].[Cl-].[Cl-].[Cl-].[Sb+5]. The Morgan fingerprint density at radius 2 is 0.800 bits per heavy atom. The minimum absolute atomic E-state index is 0. The molecular formula is C2H3Cl6OSb. The summed E-state index contributed by atoms with van der Waals surface area (Å²) in [6.07, 6.45) is 1.50. The third-order valence-electron chi connectivity index (χ3n) is 0. The van der Waals surface area contributed by atoms with E-state index in [0.717, 1.165) is 0 Å². The molecule has 0 unspecified atom stereocenters. The van der Waals surface area contributed by atoms with Crippen molar-refractivity contribution in [2.75, 3.05) is 0 Å². The molecule has 0 rings (SSSR count). The van der Waals surface area contributed by atoms with E-state index in [9.17, 15) is 0 Å². The van der Waals surface area contributed by atoms with Crippen molar-refractivity contribution >= 4 is 24.4 Å². The average molecular weight is 378 g/mol. The van der Waals surface area contributed by atoms with Gasteiger partial charge in [-0.3, -0.25) is 0 Å². The molecule has 0 heterocycles. The van der Waals surface area contributed by atoms with Gasteiger partial charge in [0.15, 0.2) is 0 Å². The molecule has 0 aromatic rings. The molecule has 0 amide bonds. The molecule has 0 spiro atoms. The van der Waals surface area contributed by atoms with Crippen LogP contribution >= 0.6 is 0 Å². The summed E-state index contributed by atoms with van der Waals surface area (Å²) in [5.74, 6) is 0. The van der Waals surface area contributed by atoms with E-state index in [1.807, 2.05) is 0 Å². The summed E-state index contributed by atoms with van der Waals surface area (Å²) >= 11 is 0. The summed E-state index contributed by atoms with van der Waals surface area (Å²) in [4.78, 5) is 0. The quantitative estimate of drug-likeness (QED) is 0.295. The smallest absolute Gasteiger partial charge is 1.00 e. The summed E-state index contributed by atoms with van der Waals surface area (Å²) in [6.45, 7) is 1.32. The normalized spacial score (nSPS) is 0.800. The molecule has 0 saturated heterocycles. The predicted molar refractivity (Wildman–Crippen MR) is 16.0 cm³/mol. The van der Waals surface area contributed by atoms with E-state index in [2.05, 4.69) is 0 Å². The van der Waals surface area contributed by atoms with Gasteiger partial charge < -0.3 is 74.4 Å². The molecule has 0 fully saturated rings. The first kappa shape index (κ1) is 85.0. The van der Waals surface area contributed by atoms with Gasteiger partial charge in [0.1, 0.15) is 0 Å². The molecular weight excluding hydrogens is 374 g/mol. The van der Waals surface area contributed by atoms with Crippen LogP contribution in [0.25, 0.3) is 0 Å². The van der Waals surface area contributed by atoms with Crippen LogP contribution in [0.4, 0.5) is 0 Å². The van der Waals surface area contributed by atoms with Gasteiger partial charge in [-0.15, -0.1) is 0 Å². The first-order chi connectivity index (χ1) is 1.41. The van der Waals surface area contributed by atoms with Gasteiger partial charge in [-0.05, 0) is 0 Å². The van der Waals surface area contributed by atoms with Crippen molar-refractivity contribution in [3.63, 3.8) is 0 Å². The monoisotopic (exact) mass is 374 g/mol. The molecule has 0 saturated carbocycles. The van der Waals surface area contributed by atoms with E-state index in [1.165, 1.54) is 13.1 Å². The number of hydrogen-bond donors (Lipinski definition) is 0. The summed E-state index contributed by atoms with van der Waals surface area (Å²) < 4.78 is 8.68. The zero-order chi connectivity index (χ0) is 2.71. The Morgan fingerprint density at radius 1 is 0.800 bits per heavy atom. The zero-order valence-electron chi connectivity index (χ0n) is 4.62. The van der Waals surface area contributed by atoms with Crippen LogP contribution in [0.15, 0.2) is 0 Å². The largest absolute Gasteiger partial charge is 5.00 e. The van der Waals surface area contributed by atoms with Crippen molar-refractivity contribution in [1.29, 1.82) is 0 Å². The molecule has 0 aromatic carbocycles. The zero-order valence-corrected chi connectivity index (χ0v) is 11.7. The van der Waals surface area contributed by atoms with Crippen molar-refractivity contribution in [3.05, 3.63) is 0 Å². The van der Waals surface area contributed by atoms with Crippen LogP contribution in [-0.4, -0.2) is 24.4 Å². The van der Waals surface area contributed by atoms with Crippen LogP contribution in [-0.2, 0) is 4.65 Å². The van der Waals surface area contributed by atoms with E-state index < -0.39 is 0 Å². The number of rotatable bonds is 0. The molecule has 1 nitrogen and oxygen atoms in total. The van der Waals surface area contributed by atoms with Crippen LogP contribution in [0.1, 0.15) is 6.92 Å². The van der Waals surface area contributed by atoms with Crippen LogP contribution in [0, 0.1) is 6.15 Å². The van der Waals surface area contributed by atoms with Crippen molar-refractivity contribution in [2.24, 2.45) is 0 Å². The standard InChI is InChI=1S/C2H3O.6ClH.Sb/c1-2-3;;;;;;;/h1H3;6*1H;/q+1;;;;;;;+5/p-6. The van der Waals surface area contributed by atoms with Crippen molar-refractivity contribution in [1.82, 2.24) is 0 Å². The minimum atomic E-state index is 0. The number of halogens is 6.